The van der Waals surface area contributed by atoms with Gasteiger partial charge in [-0.2, -0.15) is 0 Å². The number of hydrogen-bond acceptors (Lipinski definition) is 2. The second kappa shape index (κ2) is 1.95. The predicted octanol–water partition coefficient (Wildman–Crippen LogP) is -0.0691. The smallest absolute Gasteiger partial charge is 0.209 e. The van der Waals surface area contributed by atoms with Gasteiger partial charge in [-0.1, -0.05) is 6.92 Å². The zero-order valence-electron chi connectivity index (χ0n) is 5.37. The molecule has 1 saturated carbocycles. The Kier molecular flexibility index (Phi) is 1.52. The van der Waals surface area contributed by atoms with Crippen LogP contribution < -0.4 is 5.14 Å². The van der Waals surface area contributed by atoms with Gasteiger partial charge in [-0.3, -0.25) is 0 Å². The molecule has 9 heavy (non-hydrogen) atoms. The summed E-state index contributed by atoms with van der Waals surface area (Å²) in [5.74, 6) is 1.09. The molecule has 0 saturated heterocycles. The normalized spacial score (nSPS) is 34.4. The monoisotopic (exact) mass is 149 g/mol. The Morgan fingerprint density at radius 1 is 1.67 bits per heavy atom. The third-order valence-corrected chi connectivity index (χ3v) is 2.62. The van der Waals surface area contributed by atoms with E-state index < -0.39 is 10.0 Å². The second-order valence-electron chi connectivity index (χ2n) is 2.80. The van der Waals surface area contributed by atoms with E-state index in [9.17, 15) is 8.42 Å². The Morgan fingerprint density at radius 2 is 2.11 bits per heavy atom. The van der Waals surface area contributed by atoms with Crippen molar-refractivity contribution in [1.29, 1.82) is 0 Å². The van der Waals surface area contributed by atoms with Gasteiger partial charge in [-0.05, 0) is 18.3 Å². The lowest BCUT2D eigenvalue weighted by Crippen LogP contribution is -2.17. The van der Waals surface area contributed by atoms with E-state index in [1.807, 2.05) is 6.92 Å². The highest BCUT2D eigenvalue weighted by molar-refractivity contribution is 7.89. The molecule has 2 N–H and O–H groups in total. The summed E-state index contributed by atoms with van der Waals surface area (Å²) in [5.41, 5.74) is 0. The Bertz CT molecular complexity index is 197. The highest BCUT2D eigenvalue weighted by atomic mass is 32.2. The van der Waals surface area contributed by atoms with E-state index >= 15 is 0 Å². The van der Waals surface area contributed by atoms with Crippen molar-refractivity contribution in [3.63, 3.8) is 0 Å². The maximum absolute atomic E-state index is 10.4. The molecule has 54 valence electrons. The van der Waals surface area contributed by atoms with Gasteiger partial charge in [-0.25, -0.2) is 13.6 Å². The fourth-order valence-corrected chi connectivity index (χ4v) is 1.99. The summed E-state index contributed by atoms with van der Waals surface area (Å²) in [6.45, 7) is 2.04. The molecular formula is C5H11NO2S. The molecule has 3 nitrogen and oxygen atoms in total. The lowest BCUT2D eigenvalue weighted by Gasteiger charge is -1.91. The van der Waals surface area contributed by atoms with Crippen LogP contribution >= 0.6 is 0 Å². The second-order valence-corrected chi connectivity index (χ2v) is 4.46. The van der Waals surface area contributed by atoms with Gasteiger partial charge in [-0.15, -0.1) is 0 Å². The minimum atomic E-state index is -3.19. The van der Waals surface area contributed by atoms with Crippen LogP contribution in [-0.2, 0) is 10.0 Å². The largest absolute Gasteiger partial charge is 0.229 e. The van der Waals surface area contributed by atoms with E-state index in [1.165, 1.54) is 0 Å². The first kappa shape index (κ1) is 7.02. The average Bonchev–Trinajstić information content (AvgIpc) is 2.13. The Labute approximate surface area is 55.3 Å². The van der Waals surface area contributed by atoms with Crippen molar-refractivity contribution in [2.24, 2.45) is 17.0 Å². The van der Waals surface area contributed by atoms with Crippen LogP contribution in [0.15, 0.2) is 0 Å². The van der Waals surface area contributed by atoms with Crippen molar-refractivity contribution in [2.75, 3.05) is 5.75 Å². The molecule has 0 aromatic carbocycles. The first-order valence-electron chi connectivity index (χ1n) is 2.99. The van der Waals surface area contributed by atoms with Gasteiger partial charge in [0.05, 0.1) is 5.75 Å². The SMILES string of the molecule is CC1CC1CS(N)(=O)=O. The van der Waals surface area contributed by atoms with Crippen molar-refractivity contribution in [1.82, 2.24) is 0 Å². The molecule has 2 unspecified atom stereocenters. The molecule has 0 aromatic heterocycles. The molecule has 0 aromatic rings. The first-order valence-corrected chi connectivity index (χ1v) is 4.71. The fraction of sp³-hybridized carbons (Fsp3) is 1.00. The fourth-order valence-electron chi connectivity index (χ4n) is 0.930. The van der Waals surface area contributed by atoms with E-state index in [0.717, 1.165) is 6.42 Å². The third-order valence-electron chi connectivity index (χ3n) is 1.72. The van der Waals surface area contributed by atoms with E-state index in [1.54, 1.807) is 0 Å². The summed E-state index contributed by atoms with van der Waals surface area (Å²) >= 11 is 0. The Morgan fingerprint density at radius 3 is 2.22 bits per heavy atom. The molecule has 0 amide bonds. The van der Waals surface area contributed by atoms with E-state index in [-0.39, 0.29) is 5.75 Å². The minimum Gasteiger partial charge on any atom is -0.229 e. The molecular weight excluding hydrogens is 138 g/mol. The maximum atomic E-state index is 10.4. The zero-order chi connectivity index (χ0) is 7.07. The lowest BCUT2D eigenvalue weighted by atomic mass is 10.4. The van der Waals surface area contributed by atoms with Gasteiger partial charge in [0.1, 0.15) is 0 Å². The number of primary sulfonamides is 1. The van der Waals surface area contributed by atoms with E-state index in [2.05, 4.69) is 0 Å². The van der Waals surface area contributed by atoms with Gasteiger partial charge in [0.25, 0.3) is 0 Å². The lowest BCUT2D eigenvalue weighted by molar-refractivity contribution is 0.592. The van der Waals surface area contributed by atoms with Crippen LogP contribution in [0.4, 0.5) is 0 Å². The third kappa shape index (κ3) is 2.32. The summed E-state index contributed by atoms with van der Waals surface area (Å²) in [7, 11) is -3.19. The first-order chi connectivity index (χ1) is 3.99. The number of hydrogen-bond donors (Lipinski definition) is 1. The van der Waals surface area contributed by atoms with Crippen LogP contribution in [0.5, 0.6) is 0 Å². The van der Waals surface area contributed by atoms with Crippen molar-refractivity contribution < 1.29 is 8.42 Å². The topological polar surface area (TPSA) is 60.2 Å². The van der Waals surface area contributed by atoms with Crippen molar-refractivity contribution in [3.05, 3.63) is 0 Å². The van der Waals surface area contributed by atoms with Gasteiger partial charge in [0.2, 0.25) is 10.0 Å². The summed E-state index contributed by atoms with van der Waals surface area (Å²) in [6.07, 6.45) is 1.02. The molecule has 1 aliphatic carbocycles. The highest BCUT2D eigenvalue weighted by Crippen LogP contribution is 2.38. The van der Waals surface area contributed by atoms with E-state index in [0.29, 0.717) is 11.8 Å². The number of sulfonamides is 1. The summed E-state index contributed by atoms with van der Waals surface area (Å²) in [6, 6.07) is 0. The predicted molar refractivity (Wildman–Crippen MR) is 35.2 cm³/mol. The molecule has 0 radical (unpaired) electrons. The Hall–Kier alpha value is -0.0900. The van der Waals surface area contributed by atoms with Crippen molar-refractivity contribution in [2.45, 2.75) is 13.3 Å². The van der Waals surface area contributed by atoms with Crippen molar-refractivity contribution >= 4 is 10.0 Å². The average molecular weight is 149 g/mol. The molecule has 0 heterocycles. The zero-order valence-corrected chi connectivity index (χ0v) is 6.19. The molecule has 1 rings (SSSR count). The summed E-state index contributed by atoms with van der Waals surface area (Å²) in [5, 5.41) is 4.81. The van der Waals surface area contributed by atoms with Crippen LogP contribution in [-0.4, -0.2) is 14.2 Å². The molecule has 0 spiro atoms. The van der Waals surface area contributed by atoms with Gasteiger partial charge >= 0.3 is 0 Å². The minimum absolute atomic E-state index is 0.175. The van der Waals surface area contributed by atoms with E-state index in [4.69, 9.17) is 5.14 Å². The van der Waals surface area contributed by atoms with Gasteiger partial charge in [0, 0.05) is 0 Å². The number of rotatable bonds is 2. The molecule has 0 bridgehead atoms. The van der Waals surface area contributed by atoms with Crippen LogP contribution in [0.1, 0.15) is 13.3 Å². The highest BCUT2D eigenvalue weighted by Gasteiger charge is 2.35. The van der Waals surface area contributed by atoms with Gasteiger partial charge < -0.3 is 0 Å². The quantitative estimate of drug-likeness (QED) is 0.597. The van der Waals surface area contributed by atoms with Crippen LogP contribution in [0.3, 0.4) is 0 Å². The molecule has 4 heteroatoms. The maximum Gasteiger partial charge on any atom is 0.209 e. The standard InChI is InChI=1S/C5H11NO2S/c1-4-2-5(4)3-9(6,7)8/h4-5H,2-3H2,1H3,(H2,6,7,8). The van der Waals surface area contributed by atoms with Crippen LogP contribution in [0.25, 0.3) is 0 Å². The summed E-state index contributed by atoms with van der Waals surface area (Å²) in [4.78, 5) is 0. The Balaban J connectivity index is 2.37. The number of nitrogens with two attached hydrogens (primary N) is 1. The van der Waals surface area contributed by atoms with Gasteiger partial charge in [0.15, 0.2) is 0 Å². The van der Waals surface area contributed by atoms with Crippen molar-refractivity contribution in [3.8, 4) is 0 Å². The molecule has 1 aliphatic rings. The molecule has 2 atom stereocenters. The molecule has 1 fully saturated rings. The van der Waals surface area contributed by atoms with Crippen LogP contribution in [0, 0.1) is 11.8 Å². The van der Waals surface area contributed by atoms with Crippen LogP contribution in [0.2, 0.25) is 0 Å². The molecule has 0 aliphatic heterocycles. The summed E-state index contributed by atoms with van der Waals surface area (Å²) < 4.78 is 20.8.